The zero-order chi connectivity index (χ0) is 10.8. The summed E-state index contributed by atoms with van der Waals surface area (Å²) in [5.41, 5.74) is 1.61. The lowest BCUT2D eigenvalue weighted by atomic mass is 9.70. The Morgan fingerprint density at radius 1 is 1.29 bits per heavy atom. The van der Waals surface area contributed by atoms with Gasteiger partial charge in [0.05, 0.1) is 0 Å². The smallest absolute Gasteiger partial charge is 0.00966 e. The lowest BCUT2D eigenvalue weighted by molar-refractivity contribution is 0.159. The van der Waals surface area contributed by atoms with Crippen LogP contribution in [0.25, 0.3) is 0 Å². The van der Waals surface area contributed by atoms with E-state index < -0.39 is 0 Å². The van der Waals surface area contributed by atoms with Gasteiger partial charge >= 0.3 is 0 Å². The van der Waals surface area contributed by atoms with Crippen LogP contribution in [0.15, 0.2) is 12.2 Å². The summed E-state index contributed by atoms with van der Waals surface area (Å²) >= 11 is 0. The van der Waals surface area contributed by atoms with Gasteiger partial charge in [-0.3, -0.25) is 0 Å². The molecule has 0 saturated heterocycles. The van der Waals surface area contributed by atoms with Gasteiger partial charge in [0.15, 0.2) is 0 Å². The highest BCUT2D eigenvalue weighted by atomic mass is 14.9. The molecule has 1 saturated carbocycles. The first-order valence-corrected chi connectivity index (χ1v) is 5.78. The summed E-state index contributed by atoms with van der Waals surface area (Å²) in [5, 5.41) is 3.60. The van der Waals surface area contributed by atoms with E-state index in [9.17, 15) is 0 Å². The van der Waals surface area contributed by atoms with Gasteiger partial charge in [-0.25, -0.2) is 0 Å². The molecule has 0 aromatic carbocycles. The first-order chi connectivity index (χ1) is 6.38. The van der Waals surface area contributed by atoms with Gasteiger partial charge in [-0.05, 0) is 65.3 Å². The largest absolute Gasteiger partial charge is 0.312 e. The van der Waals surface area contributed by atoms with E-state index in [0.29, 0.717) is 0 Å². The Balaban J connectivity index is 2.23. The molecule has 1 fully saturated rings. The minimum absolute atomic E-state index is 0.267. The lowest BCUT2D eigenvalue weighted by Gasteiger charge is -2.39. The Kier molecular flexibility index (Phi) is 3.77. The molecule has 1 nitrogen and oxygen atoms in total. The highest BCUT2D eigenvalue weighted by Gasteiger charge is 2.30. The van der Waals surface area contributed by atoms with Crippen molar-refractivity contribution in [3.05, 3.63) is 12.2 Å². The molecule has 0 aromatic rings. The Bertz CT molecular complexity index is 200. The van der Waals surface area contributed by atoms with Crippen molar-refractivity contribution < 1.29 is 0 Å². The molecular formula is C13H25N. The topological polar surface area (TPSA) is 12.0 Å². The van der Waals surface area contributed by atoms with Crippen molar-refractivity contribution in [2.75, 3.05) is 6.54 Å². The monoisotopic (exact) mass is 195 g/mol. The highest BCUT2D eigenvalue weighted by Crippen LogP contribution is 2.38. The Morgan fingerprint density at radius 3 is 2.21 bits per heavy atom. The quantitative estimate of drug-likeness (QED) is 0.678. The summed E-state index contributed by atoms with van der Waals surface area (Å²) in [5.74, 6) is 1.80. The van der Waals surface area contributed by atoms with Crippen molar-refractivity contribution in [2.24, 2.45) is 11.8 Å². The molecule has 1 heteroatoms. The third-order valence-electron chi connectivity index (χ3n) is 3.08. The predicted octanol–water partition coefficient (Wildman–Crippen LogP) is 3.37. The molecule has 0 spiro atoms. The van der Waals surface area contributed by atoms with E-state index in [0.717, 1.165) is 11.8 Å². The molecule has 1 aliphatic carbocycles. The molecule has 0 aromatic heterocycles. The zero-order valence-electron chi connectivity index (χ0n) is 10.2. The number of hydrogen-bond acceptors (Lipinski definition) is 1. The molecule has 1 aliphatic rings. The van der Waals surface area contributed by atoms with Crippen molar-refractivity contribution >= 4 is 0 Å². The van der Waals surface area contributed by atoms with Crippen molar-refractivity contribution in [3.63, 3.8) is 0 Å². The Labute approximate surface area is 89.0 Å². The number of rotatable bonds is 4. The zero-order valence-corrected chi connectivity index (χ0v) is 10.2. The Morgan fingerprint density at radius 2 is 1.86 bits per heavy atom. The molecule has 14 heavy (non-hydrogen) atoms. The summed E-state index contributed by atoms with van der Waals surface area (Å²) in [6.45, 7) is 14.0. The van der Waals surface area contributed by atoms with Crippen molar-refractivity contribution in [3.8, 4) is 0 Å². The third kappa shape index (κ3) is 3.83. The van der Waals surface area contributed by atoms with E-state index >= 15 is 0 Å². The fourth-order valence-corrected chi connectivity index (χ4v) is 2.06. The van der Waals surface area contributed by atoms with Crippen LogP contribution in [0.4, 0.5) is 0 Å². The second kappa shape index (κ2) is 4.48. The van der Waals surface area contributed by atoms with Crippen LogP contribution in [0, 0.1) is 11.8 Å². The van der Waals surface area contributed by atoms with Crippen LogP contribution in [-0.4, -0.2) is 12.1 Å². The highest BCUT2D eigenvalue weighted by molar-refractivity contribution is 4.96. The summed E-state index contributed by atoms with van der Waals surface area (Å²) in [6, 6.07) is 0. The van der Waals surface area contributed by atoms with Gasteiger partial charge < -0.3 is 5.32 Å². The first kappa shape index (κ1) is 11.8. The molecule has 0 radical (unpaired) electrons. The van der Waals surface area contributed by atoms with E-state index in [1.54, 1.807) is 0 Å². The van der Waals surface area contributed by atoms with Gasteiger partial charge in [0.1, 0.15) is 0 Å². The van der Waals surface area contributed by atoms with Gasteiger partial charge in [0, 0.05) is 5.54 Å². The molecule has 0 aliphatic heterocycles. The second-order valence-corrected chi connectivity index (χ2v) is 5.89. The van der Waals surface area contributed by atoms with Crippen LogP contribution in [-0.2, 0) is 0 Å². The molecular weight excluding hydrogens is 170 g/mol. The molecule has 2 unspecified atom stereocenters. The van der Waals surface area contributed by atoms with E-state index in [1.165, 1.54) is 31.4 Å². The van der Waals surface area contributed by atoms with Crippen LogP contribution in [0.2, 0.25) is 0 Å². The molecule has 0 bridgehead atoms. The molecule has 1 N–H and O–H groups in total. The minimum Gasteiger partial charge on any atom is -0.312 e. The van der Waals surface area contributed by atoms with Crippen molar-refractivity contribution in [1.29, 1.82) is 0 Å². The molecule has 82 valence electrons. The number of nitrogens with one attached hydrogen (secondary N) is 1. The first-order valence-electron chi connectivity index (χ1n) is 5.78. The molecule has 0 heterocycles. The number of hydrogen-bond donors (Lipinski definition) is 1. The van der Waals surface area contributed by atoms with Gasteiger partial charge in [0.2, 0.25) is 0 Å². The molecule has 0 amide bonds. The summed E-state index contributed by atoms with van der Waals surface area (Å²) < 4.78 is 0. The van der Waals surface area contributed by atoms with Gasteiger partial charge in [-0.1, -0.05) is 5.57 Å². The maximum atomic E-state index is 4.00. The van der Waals surface area contributed by atoms with Gasteiger partial charge in [-0.2, -0.15) is 0 Å². The third-order valence-corrected chi connectivity index (χ3v) is 3.08. The molecule has 2 atom stereocenters. The van der Waals surface area contributed by atoms with Crippen molar-refractivity contribution in [1.82, 2.24) is 5.32 Å². The summed E-state index contributed by atoms with van der Waals surface area (Å²) in [7, 11) is 0. The van der Waals surface area contributed by atoms with E-state index in [-0.39, 0.29) is 5.54 Å². The standard InChI is InChI=1S/C13H25N/c1-10(2)8-11-6-7-12(11)9-14-13(3,4)5/h11-12,14H,1,6-9H2,2-5H3. The SMILES string of the molecule is C=C(C)CC1CCC1CNC(C)(C)C. The van der Waals surface area contributed by atoms with Crippen LogP contribution in [0.5, 0.6) is 0 Å². The lowest BCUT2D eigenvalue weighted by Crippen LogP contribution is -2.43. The van der Waals surface area contributed by atoms with Gasteiger partial charge in [0.25, 0.3) is 0 Å². The normalized spacial score (nSPS) is 27.1. The predicted molar refractivity (Wildman–Crippen MR) is 63.4 cm³/mol. The fraction of sp³-hybridized carbons (Fsp3) is 0.846. The van der Waals surface area contributed by atoms with E-state index in [1.807, 2.05) is 0 Å². The van der Waals surface area contributed by atoms with Crippen LogP contribution in [0.3, 0.4) is 0 Å². The average Bonchev–Trinajstić information content (AvgIpc) is 1.96. The van der Waals surface area contributed by atoms with Crippen LogP contribution >= 0.6 is 0 Å². The molecule has 1 rings (SSSR count). The van der Waals surface area contributed by atoms with Crippen molar-refractivity contribution in [2.45, 2.75) is 52.5 Å². The fourth-order valence-electron chi connectivity index (χ4n) is 2.06. The summed E-state index contributed by atoms with van der Waals surface area (Å²) in [4.78, 5) is 0. The Hall–Kier alpha value is -0.300. The average molecular weight is 195 g/mol. The second-order valence-electron chi connectivity index (χ2n) is 5.89. The van der Waals surface area contributed by atoms with E-state index in [4.69, 9.17) is 0 Å². The van der Waals surface area contributed by atoms with Crippen LogP contribution < -0.4 is 5.32 Å². The minimum atomic E-state index is 0.267. The number of allylic oxidation sites excluding steroid dienone is 1. The van der Waals surface area contributed by atoms with Crippen LogP contribution in [0.1, 0.15) is 47.0 Å². The van der Waals surface area contributed by atoms with Gasteiger partial charge in [-0.15, -0.1) is 6.58 Å². The maximum absolute atomic E-state index is 4.00. The van der Waals surface area contributed by atoms with E-state index in [2.05, 4.69) is 39.6 Å². The maximum Gasteiger partial charge on any atom is 0.00966 e. The summed E-state index contributed by atoms with van der Waals surface area (Å²) in [6.07, 6.45) is 4.04.